The van der Waals surface area contributed by atoms with Crippen LogP contribution in [-0.4, -0.2) is 43.5 Å². The minimum atomic E-state index is -4.72. The second kappa shape index (κ2) is 10.9. The van der Waals surface area contributed by atoms with Crippen LogP contribution in [0.2, 0.25) is 0 Å². The minimum Gasteiger partial charge on any atom is -0.482 e. The normalized spacial score (nSPS) is 14.2. The molecule has 35 heavy (non-hydrogen) atoms. The molecule has 0 aliphatic carbocycles. The standard InChI is InChI=1S/C26H26F3NO5/c1-2-32-25(31)17-33-22-8-3-18-11-13-30(14-12-20(18)15-22)16-23-9-10-24(34-23)19-4-6-21(7-5-19)35-26(27,28)29/h3-10,15H,2,11-14,16-17H2,1H3. The lowest BCUT2D eigenvalue weighted by Crippen LogP contribution is -2.25. The zero-order valence-electron chi connectivity index (χ0n) is 19.3. The van der Waals surface area contributed by atoms with Crippen molar-refractivity contribution in [3.63, 3.8) is 0 Å². The van der Waals surface area contributed by atoms with Crippen LogP contribution in [0.5, 0.6) is 11.5 Å². The number of alkyl halides is 3. The highest BCUT2D eigenvalue weighted by Crippen LogP contribution is 2.28. The van der Waals surface area contributed by atoms with Crippen molar-refractivity contribution >= 4 is 5.97 Å². The molecule has 1 aliphatic heterocycles. The predicted octanol–water partition coefficient (Wildman–Crippen LogP) is 5.39. The molecule has 2 heterocycles. The molecular weight excluding hydrogens is 463 g/mol. The molecule has 3 aromatic rings. The lowest BCUT2D eigenvalue weighted by molar-refractivity contribution is -0.274. The molecular formula is C26H26F3NO5. The Kier molecular flexibility index (Phi) is 7.65. The molecule has 0 fully saturated rings. The van der Waals surface area contributed by atoms with E-state index in [9.17, 15) is 18.0 Å². The van der Waals surface area contributed by atoms with Crippen molar-refractivity contribution in [1.29, 1.82) is 0 Å². The van der Waals surface area contributed by atoms with Crippen LogP contribution in [0.25, 0.3) is 11.3 Å². The fourth-order valence-corrected chi connectivity index (χ4v) is 4.00. The van der Waals surface area contributed by atoms with E-state index in [0.29, 0.717) is 30.2 Å². The number of hydrogen-bond acceptors (Lipinski definition) is 6. The van der Waals surface area contributed by atoms with E-state index < -0.39 is 12.3 Å². The Bertz CT molecular complexity index is 1140. The molecule has 1 aromatic heterocycles. The van der Waals surface area contributed by atoms with Gasteiger partial charge in [0, 0.05) is 18.7 Å². The van der Waals surface area contributed by atoms with Crippen LogP contribution < -0.4 is 9.47 Å². The van der Waals surface area contributed by atoms with Crippen LogP contribution in [0.4, 0.5) is 13.2 Å². The molecule has 0 saturated carbocycles. The molecule has 0 saturated heterocycles. The minimum absolute atomic E-state index is 0.113. The summed E-state index contributed by atoms with van der Waals surface area (Å²) >= 11 is 0. The van der Waals surface area contributed by atoms with Gasteiger partial charge in [-0.1, -0.05) is 6.07 Å². The summed E-state index contributed by atoms with van der Waals surface area (Å²) in [5.41, 5.74) is 3.11. The number of nitrogens with zero attached hydrogens (tertiary/aromatic N) is 1. The summed E-state index contributed by atoms with van der Waals surface area (Å²) in [7, 11) is 0. The van der Waals surface area contributed by atoms with E-state index in [1.165, 1.54) is 35.4 Å². The van der Waals surface area contributed by atoms with Crippen molar-refractivity contribution in [2.24, 2.45) is 0 Å². The zero-order valence-corrected chi connectivity index (χ0v) is 19.3. The number of ether oxygens (including phenoxy) is 3. The number of benzene rings is 2. The predicted molar refractivity (Wildman–Crippen MR) is 122 cm³/mol. The van der Waals surface area contributed by atoms with Crippen molar-refractivity contribution in [3.8, 4) is 22.8 Å². The second-order valence-corrected chi connectivity index (χ2v) is 8.14. The van der Waals surface area contributed by atoms with Gasteiger partial charge >= 0.3 is 12.3 Å². The van der Waals surface area contributed by atoms with Crippen LogP contribution in [-0.2, 0) is 28.9 Å². The zero-order chi connectivity index (χ0) is 24.8. The van der Waals surface area contributed by atoms with Crippen LogP contribution >= 0.6 is 0 Å². The summed E-state index contributed by atoms with van der Waals surface area (Å²) < 4.78 is 57.4. The number of carbonyl (C=O) groups excluding carboxylic acids is 1. The first-order valence-corrected chi connectivity index (χ1v) is 11.4. The number of furan rings is 1. The number of hydrogen-bond donors (Lipinski definition) is 0. The van der Waals surface area contributed by atoms with Crippen LogP contribution in [0, 0.1) is 0 Å². The van der Waals surface area contributed by atoms with Gasteiger partial charge in [0.2, 0.25) is 0 Å². The van der Waals surface area contributed by atoms with Crippen molar-refractivity contribution in [2.75, 3.05) is 26.3 Å². The first-order chi connectivity index (χ1) is 16.8. The van der Waals surface area contributed by atoms with Gasteiger partial charge in [0.1, 0.15) is 23.0 Å². The van der Waals surface area contributed by atoms with Gasteiger partial charge in [-0.05, 0) is 79.4 Å². The highest BCUT2D eigenvalue weighted by atomic mass is 19.4. The molecule has 6 nitrogen and oxygen atoms in total. The Labute approximate surface area is 201 Å². The summed E-state index contributed by atoms with van der Waals surface area (Å²) in [6.07, 6.45) is -3.01. The molecule has 1 aliphatic rings. The molecule has 0 spiro atoms. The maximum atomic E-state index is 12.3. The van der Waals surface area contributed by atoms with E-state index in [1.54, 1.807) is 6.92 Å². The maximum absolute atomic E-state index is 12.3. The van der Waals surface area contributed by atoms with Gasteiger partial charge in [-0.25, -0.2) is 4.79 Å². The molecule has 0 atom stereocenters. The Morgan fingerprint density at radius 2 is 1.69 bits per heavy atom. The number of esters is 1. The number of halogens is 3. The van der Waals surface area contributed by atoms with Gasteiger partial charge in [-0.3, -0.25) is 4.90 Å². The Morgan fingerprint density at radius 1 is 0.971 bits per heavy atom. The van der Waals surface area contributed by atoms with Crippen LogP contribution in [0.15, 0.2) is 59.0 Å². The van der Waals surface area contributed by atoms with Gasteiger partial charge in [0.15, 0.2) is 6.61 Å². The first-order valence-electron chi connectivity index (χ1n) is 11.4. The smallest absolute Gasteiger partial charge is 0.482 e. The van der Waals surface area contributed by atoms with Gasteiger partial charge < -0.3 is 18.6 Å². The van der Waals surface area contributed by atoms with E-state index >= 15 is 0 Å². The summed E-state index contributed by atoms with van der Waals surface area (Å²) in [4.78, 5) is 13.8. The summed E-state index contributed by atoms with van der Waals surface area (Å²) in [5, 5.41) is 0. The Morgan fingerprint density at radius 3 is 2.40 bits per heavy atom. The molecule has 0 amide bonds. The average molecular weight is 489 g/mol. The summed E-state index contributed by atoms with van der Waals surface area (Å²) in [5.74, 6) is 1.34. The van der Waals surface area contributed by atoms with Gasteiger partial charge in [-0.15, -0.1) is 13.2 Å². The molecule has 4 rings (SSSR count). The molecule has 0 radical (unpaired) electrons. The average Bonchev–Trinajstić information content (AvgIpc) is 3.18. The fourth-order valence-electron chi connectivity index (χ4n) is 4.00. The van der Waals surface area contributed by atoms with E-state index in [2.05, 4.69) is 9.64 Å². The quantitative estimate of drug-likeness (QED) is 0.396. The third-order valence-corrected chi connectivity index (χ3v) is 5.65. The second-order valence-electron chi connectivity index (χ2n) is 8.14. The number of fused-ring (bicyclic) bond motifs is 1. The largest absolute Gasteiger partial charge is 0.573 e. The third-order valence-electron chi connectivity index (χ3n) is 5.65. The van der Waals surface area contributed by atoms with E-state index in [-0.39, 0.29) is 12.4 Å². The number of carbonyl (C=O) groups is 1. The van der Waals surface area contributed by atoms with Crippen molar-refractivity contribution in [1.82, 2.24) is 4.90 Å². The summed E-state index contributed by atoms with van der Waals surface area (Å²) in [6.45, 7) is 4.27. The lowest BCUT2D eigenvalue weighted by atomic mass is 10.0. The lowest BCUT2D eigenvalue weighted by Gasteiger charge is -2.18. The SMILES string of the molecule is CCOC(=O)COc1ccc2c(c1)CCN(Cc1ccc(-c3ccc(OC(F)(F)F)cc3)o1)CC2. The maximum Gasteiger partial charge on any atom is 0.573 e. The molecule has 0 bridgehead atoms. The molecule has 9 heteroatoms. The molecule has 0 N–H and O–H groups in total. The Hall–Kier alpha value is -3.46. The highest BCUT2D eigenvalue weighted by molar-refractivity contribution is 5.71. The monoisotopic (exact) mass is 489 g/mol. The van der Waals surface area contributed by atoms with Crippen molar-refractivity contribution < 1.29 is 36.6 Å². The third kappa shape index (κ3) is 7.02. The van der Waals surface area contributed by atoms with Crippen LogP contribution in [0.1, 0.15) is 23.8 Å². The van der Waals surface area contributed by atoms with Crippen molar-refractivity contribution in [3.05, 3.63) is 71.5 Å². The van der Waals surface area contributed by atoms with Gasteiger partial charge in [0.05, 0.1) is 13.2 Å². The topological polar surface area (TPSA) is 61.1 Å². The fraction of sp³-hybridized carbons (Fsp3) is 0.346. The van der Waals surface area contributed by atoms with E-state index in [0.717, 1.165) is 31.7 Å². The van der Waals surface area contributed by atoms with Crippen LogP contribution in [0.3, 0.4) is 0 Å². The Balaban J connectivity index is 1.33. The number of rotatable bonds is 8. The summed E-state index contributed by atoms with van der Waals surface area (Å²) in [6, 6.07) is 15.2. The molecule has 0 unspecified atom stereocenters. The molecule has 186 valence electrons. The first kappa shape index (κ1) is 24.7. The van der Waals surface area contributed by atoms with Gasteiger partial charge in [0.25, 0.3) is 0 Å². The highest BCUT2D eigenvalue weighted by Gasteiger charge is 2.31. The van der Waals surface area contributed by atoms with Crippen molar-refractivity contribution in [2.45, 2.75) is 32.7 Å². The van der Waals surface area contributed by atoms with Gasteiger partial charge in [-0.2, -0.15) is 0 Å². The van der Waals surface area contributed by atoms with E-state index in [1.807, 2.05) is 30.3 Å². The molecule has 2 aromatic carbocycles. The van der Waals surface area contributed by atoms with E-state index in [4.69, 9.17) is 13.9 Å².